The lowest BCUT2D eigenvalue weighted by Crippen LogP contribution is -2.48. The molecule has 8 heteroatoms. The Morgan fingerprint density at radius 3 is 2.87 bits per heavy atom. The number of carboxylic acid groups (broad SMARTS) is 1. The van der Waals surface area contributed by atoms with Crippen molar-refractivity contribution in [3.63, 3.8) is 0 Å². The van der Waals surface area contributed by atoms with Gasteiger partial charge < -0.3 is 19.7 Å². The van der Waals surface area contributed by atoms with Crippen molar-refractivity contribution in [3.8, 4) is 11.5 Å². The molecule has 1 amide bonds. The highest BCUT2D eigenvalue weighted by Crippen LogP contribution is 2.35. The molecular formula is C15H14NO5S2-. The van der Waals surface area contributed by atoms with E-state index in [1.807, 2.05) is 0 Å². The maximum absolute atomic E-state index is 12.3. The topological polar surface area (TPSA) is 89.9 Å². The molecule has 1 saturated heterocycles. The van der Waals surface area contributed by atoms with E-state index in [9.17, 15) is 19.8 Å². The van der Waals surface area contributed by atoms with Crippen LogP contribution < -0.4 is 9.84 Å². The number of carboxylic acids is 1. The minimum absolute atomic E-state index is 0.00197. The Kier molecular flexibility index (Phi) is 5.27. The third-order valence-corrected chi connectivity index (χ3v) is 4.46. The molecule has 0 bridgehead atoms. The van der Waals surface area contributed by atoms with E-state index in [0.29, 0.717) is 22.8 Å². The SMILES string of the molecule is CCOc1cc(/C=C2/SC(=S)N([C@H](C)C(=O)[O-])C2=O)ccc1O. The van der Waals surface area contributed by atoms with Gasteiger partial charge in [-0.05, 0) is 37.6 Å². The van der Waals surface area contributed by atoms with Gasteiger partial charge in [-0.1, -0.05) is 30.0 Å². The average Bonchev–Trinajstić information content (AvgIpc) is 2.76. The summed E-state index contributed by atoms with van der Waals surface area (Å²) < 4.78 is 5.46. The Morgan fingerprint density at radius 2 is 2.26 bits per heavy atom. The lowest BCUT2D eigenvalue weighted by Gasteiger charge is -2.23. The average molecular weight is 352 g/mol. The number of nitrogens with zero attached hydrogens (tertiary/aromatic N) is 1. The number of aliphatic carboxylic acids is 1. The molecule has 1 N–H and O–H groups in total. The number of ether oxygens (including phenoxy) is 1. The summed E-state index contributed by atoms with van der Waals surface area (Å²) in [7, 11) is 0. The fourth-order valence-electron chi connectivity index (χ4n) is 1.96. The van der Waals surface area contributed by atoms with Gasteiger partial charge in [0, 0.05) is 0 Å². The molecule has 1 aliphatic heterocycles. The van der Waals surface area contributed by atoms with Crippen LogP contribution in [0.2, 0.25) is 0 Å². The van der Waals surface area contributed by atoms with Crippen LogP contribution in [0.15, 0.2) is 23.1 Å². The van der Waals surface area contributed by atoms with Gasteiger partial charge in [-0.3, -0.25) is 9.69 Å². The summed E-state index contributed by atoms with van der Waals surface area (Å²) >= 11 is 6.09. The predicted molar refractivity (Wildman–Crippen MR) is 88.8 cm³/mol. The molecule has 1 heterocycles. The van der Waals surface area contributed by atoms with Crippen molar-refractivity contribution in [3.05, 3.63) is 28.7 Å². The number of amides is 1. The summed E-state index contributed by atoms with van der Waals surface area (Å²) in [5.41, 5.74) is 0.632. The van der Waals surface area contributed by atoms with Crippen molar-refractivity contribution in [2.24, 2.45) is 0 Å². The van der Waals surface area contributed by atoms with E-state index in [1.54, 1.807) is 25.1 Å². The van der Waals surface area contributed by atoms with E-state index in [4.69, 9.17) is 17.0 Å². The smallest absolute Gasteiger partial charge is 0.266 e. The van der Waals surface area contributed by atoms with Crippen LogP contribution in [-0.4, -0.2) is 38.9 Å². The van der Waals surface area contributed by atoms with Crippen LogP contribution >= 0.6 is 24.0 Å². The lowest BCUT2D eigenvalue weighted by molar-refractivity contribution is -0.309. The monoisotopic (exact) mass is 352 g/mol. The molecule has 1 aliphatic rings. The largest absolute Gasteiger partial charge is 0.548 e. The van der Waals surface area contributed by atoms with Gasteiger partial charge in [0.05, 0.1) is 23.5 Å². The molecule has 0 unspecified atom stereocenters. The van der Waals surface area contributed by atoms with Crippen LogP contribution in [0.25, 0.3) is 6.08 Å². The number of carbonyl (C=O) groups is 2. The third kappa shape index (κ3) is 3.65. The number of hydrogen-bond acceptors (Lipinski definition) is 7. The number of hydrogen-bond donors (Lipinski definition) is 1. The van der Waals surface area contributed by atoms with Crippen LogP contribution in [0, 0.1) is 0 Å². The standard InChI is InChI=1S/C15H15NO5S2/c1-3-21-11-6-9(4-5-10(11)17)7-12-13(18)16(15(22)23-12)8(2)14(19)20/h4-8,17H,3H2,1-2H3,(H,19,20)/p-1/b12-7+/t8-/m1/s1. The van der Waals surface area contributed by atoms with Gasteiger partial charge in [0.15, 0.2) is 11.5 Å². The van der Waals surface area contributed by atoms with Gasteiger partial charge in [-0.2, -0.15) is 0 Å². The van der Waals surface area contributed by atoms with Gasteiger partial charge in [-0.15, -0.1) is 0 Å². The van der Waals surface area contributed by atoms with Gasteiger partial charge in [0.1, 0.15) is 4.32 Å². The zero-order valence-electron chi connectivity index (χ0n) is 12.4. The third-order valence-electron chi connectivity index (χ3n) is 3.13. The molecule has 0 saturated carbocycles. The first kappa shape index (κ1) is 17.3. The molecular weight excluding hydrogens is 338 g/mol. The summed E-state index contributed by atoms with van der Waals surface area (Å²) in [5, 5.41) is 20.6. The van der Waals surface area contributed by atoms with E-state index in [0.717, 1.165) is 16.7 Å². The second kappa shape index (κ2) is 7.01. The molecule has 0 aliphatic carbocycles. The highest BCUT2D eigenvalue weighted by molar-refractivity contribution is 8.26. The molecule has 1 fully saturated rings. The molecule has 2 rings (SSSR count). The number of carbonyl (C=O) groups excluding carboxylic acids is 2. The normalized spacial score (nSPS) is 17.7. The fourth-order valence-corrected chi connectivity index (χ4v) is 3.38. The van der Waals surface area contributed by atoms with Gasteiger partial charge in [-0.25, -0.2) is 0 Å². The maximum atomic E-state index is 12.3. The highest BCUT2D eigenvalue weighted by atomic mass is 32.2. The van der Waals surface area contributed by atoms with Crippen LogP contribution in [0.5, 0.6) is 11.5 Å². The van der Waals surface area contributed by atoms with E-state index >= 15 is 0 Å². The second-order valence-corrected chi connectivity index (χ2v) is 6.38. The first-order valence-corrected chi connectivity index (χ1v) is 8.01. The number of phenolic OH excluding ortho intramolecular Hbond substituents is 1. The minimum Gasteiger partial charge on any atom is -0.548 e. The van der Waals surface area contributed by atoms with Crippen molar-refractivity contribution in [1.29, 1.82) is 0 Å². The van der Waals surface area contributed by atoms with Crippen molar-refractivity contribution in [1.82, 2.24) is 4.90 Å². The predicted octanol–water partition coefficient (Wildman–Crippen LogP) is 1.13. The van der Waals surface area contributed by atoms with Gasteiger partial charge >= 0.3 is 0 Å². The van der Waals surface area contributed by atoms with Crippen molar-refractivity contribution < 1.29 is 24.5 Å². The Balaban J connectivity index is 2.31. The number of thioether (sulfide) groups is 1. The Bertz CT molecular complexity index is 701. The van der Waals surface area contributed by atoms with E-state index in [1.165, 1.54) is 13.0 Å². The quantitative estimate of drug-likeness (QED) is 0.627. The molecule has 0 radical (unpaired) electrons. The minimum atomic E-state index is -1.37. The zero-order valence-corrected chi connectivity index (χ0v) is 14.1. The molecule has 23 heavy (non-hydrogen) atoms. The van der Waals surface area contributed by atoms with Crippen LogP contribution in [0.3, 0.4) is 0 Å². The van der Waals surface area contributed by atoms with E-state index in [-0.39, 0.29) is 10.1 Å². The van der Waals surface area contributed by atoms with E-state index in [2.05, 4.69) is 0 Å². The second-order valence-electron chi connectivity index (χ2n) is 4.71. The van der Waals surface area contributed by atoms with E-state index < -0.39 is 17.9 Å². The number of thiocarbonyl (C=S) groups is 1. The first-order valence-electron chi connectivity index (χ1n) is 6.79. The van der Waals surface area contributed by atoms with Gasteiger partial charge in [0.25, 0.3) is 5.91 Å². The zero-order chi connectivity index (χ0) is 17.1. The number of aromatic hydroxyl groups is 1. The maximum Gasteiger partial charge on any atom is 0.266 e. The van der Waals surface area contributed by atoms with Gasteiger partial charge in [0.2, 0.25) is 0 Å². The Labute approximate surface area is 142 Å². The number of benzene rings is 1. The summed E-state index contributed by atoms with van der Waals surface area (Å²) in [6.45, 7) is 3.53. The van der Waals surface area contributed by atoms with Crippen molar-refractivity contribution >= 4 is 46.3 Å². The Morgan fingerprint density at radius 1 is 1.57 bits per heavy atom. The molecule has 1 aromatic rings. The Hall–Kier alpha value is -2.06. The highest BCUT2D eigenvalue weighted by Gasteiger charge is 2.35. The van der Waals surface area contributed by atoms with Crippen LogP contribution in [0.4, 0.5) is 0 Å². The van der Waals surface area contributed by atoms with Crippen molar-refractivity contribution in [2.45, 2.75) is 19.9 Å². The molecule has 0 aromatic heterocycles. The molecule has 1 aromatic carbocycles. The first-order chi connectivity index (χ1) is 10.8. The molecule has 0 spiro atoms. The summed E-state index contributed by atoms with van der Waals surface area (Å²) in [6, 6.07) is 3.54. The van der Waals surface area contributed by atoms with Crippen LogP contribution in [-0.2, 0) is 9.59 Å². The number of phenols is 1. The fraction of sp³-hybridized carbons (Fsp3) is 0.267. The van der Waals surface area contributed by atoms with Crippen molar-refractivity contribution in [2.75, 3.05) is 6.61 Å². The summed E-state index contributed by atoms with van der Waals surface area (Å²) in [6.07, 6.45) is 1.57. The summed E-state index contributed by atoms with van der Waals surface area (Å²) in [4.78, 5) is 24.6. The molecule has 6 nitrogen and oxygen atoms in total. The molecule has 122 valence electrons. The molecule has 1 atom stereocenters. The summed E-state index contributed by atoms with van der Waals surface area (Å²) in [5.74, 6) is -1.55. The number of rotatable bonds is 5. The lowest BCUT2D eigenvalue weighted by atomic mass is 10.2. The van der Waals surface area contributed by atoms with Crippen LogP contribution in [0.1, 0.15) is 19.4 Å².